The molecule has 23 heavy (non-hydrogen) atoms. The summed E-state index contributed by atoms with van der Waals surface area (Å²) in [5, 5.41) is 1.22. The minimum atomic E-state index is 0.602. The Balaban J connectivity index is 1.95. The first kappa shape index (κ1) is 14.2. The summed E-state index contributed by atoms with van der Waals surface area (Å²) in [5.74, 6) is 0.755. The number of H-pyrrole nitrogens is 1. The number of nitrogens with zero attached hydrogens (tertiary/aromatic N) is 2. The summed E-state index contributed by atoms with van der Waals surface area (Å²) < 4.78 is 0. The third kappa shape index (κ3) is 2.58. The van der Waals surface area contributed by atoms with Crippen molar-refractivity contribution in [2.75, 3.05) is 0 Å². The van der Waals surface area contributed by atoms with Gasteiger partial charge in [-0.15, -0.1) is 0 Å². The lowest BCUT2D eigenvalue weighted by Crippen LogP contribution is -1.91. The van der Waals surface area contributed by atoms with E-state index in [-0.39, 0.29) is 0 Å². The fraction of sp³-hybridized carbons (Fsp3) is 0. The zero-order valence-electron chi connectivity index (χ0n) is 11.9. The van der Waals surface area contributed by atoms with Crippen molar-refractivity contribution >= 4 is 34.2 Å². The quantitative estimate of drug-likeness (QED) is 0.516. The Bertz CT molecular complexity index is 975. The second-order valence-corrected chi connectivity index (χ2v) is 5.97. The smallest absolute Gasteiger partial charge is 0.140 e. The SMILES string of the molecule is Clc1ccc(Cl)c(-c2ncccc2-c2nc3ccccc3[nH]2)c1. The molecule has 0 spiro atoms. The van der Waals surface area contributed by atoms with Crippen LogP contribution in [0.4, 0.5) is 0 Å². The number of nitrogens with one attached hydrogen (secondary N) is 1. The van der Waals surface area contributed by atoms with Gasteiger partial charge in [0.05, 0.1) is 21.7 Å². The predicted molar refractivity (Wildman–Crippen MR) is 94.8 cm³/mol. The molecular formula is C18H11Cl2N3. The average molecular weight is 340 g/mol. The molecule has 0 saturated heterocycles. The molecule has 112 valence electrons. The van der Waals surface area contributed by atoms with Gasteiger partial charge in [-0.3, -0.25) is 4.98 Å². The topological polar surface area (TPSA) is 41.6 Å². The van der Waals surface area contributed by atoms with Crippen LogP contribution in [0.25, 0.3) is 33.7 Å². The molecule has 0 aliphatic heterocycles. The van der Waals surface area contributed by atoms with Gasteiger partial charge in [-0.2, -0.15) is 0 Å². The lowest BCUT2D eigenvalue weighted by molar-refractivity contribution is 1.27. The number of imidazole rings is 1. The van der Waals surface area contributed by atoms with Gasteiger partial charge in [0.2, 0.25) is 0 Å². The predicted octanol–water partition coefficient (Wildman–Crippen LogP) is 5.60. The Morgan fingerprint density at radius 1 is 0.870 bits per heavy atom. The number of hydrogen-bond acceptors (Lipinski definition) is 2. The number of pyridine rings is 1. The average Bonchev–Trinajstić information content (AvgIpc) is 3.01. The third-order valence-corrected chi connectivity index (χ3v) is 4.20. The van der Waals surface area contributed by atoms with E-state index in [0.29, 0.717) is 10.0 Å². The molecule has 0 radical (unpaired) electrons. The van der Waals surface area contributed by atoms with E-state index in [1.54, 1.807) is 18.3 Å². The Morgan fingerprint density at radius 2 is 1.74 bits per heavy atom. The van der Waals surface area contributed by atoms with E-state index in [9.17, 15) is 0 Å². The molecule has 2 heterocycles. The molecule has 2 aromatic heterocycles. The highest BCUT2D eigenvalue weighted by Crippen LogP contribution is 2.35. The molecule has 0 atom stereocenters. The Hall–Kier alpha value is -2.36. The summed E-state index contributed by atoms with van der Waals surface area (Å²) in [7, 11) is 0. The van der Waals surface area contributed by atoms with Crippen LogP contribution < -0.4 is 0 Å². The number of halogens is 2. The van der Waals surface area contributed by atoms with Crippen LogP contribution in [-0.4, -0.2) is 15.0 Å². The molecule has 0 amide bonds. The van der Waals surface area contributed by atoms with Gasteiger partial charge in [0.1, 0.15) is 5.82 Å². The van der Waals surface area contributed by atoms with Crippen LogP contribution in [0.2, 0.25) is 10.0 Å². The van der Waals surface area contributed by atoms with Crippen molar-refractivity contribution in [2.45, 2.75) is 0 Å². The third-order valence-electron chi connectivity index (χ3n) is 3.64. The van der Waals surface area contributed by atoms with Gasteiger partial charge < -0.3 is 4.98 Å². The standard InChI is InChI=1S/C18H11Cl2N3/c19-11-7-8-14(20)13(10-11)17-12(4-3-9-21-17)18-22-15-5-1-2-6-16(15)23-18/h1-10H,(H,22,23). The molecule has 0 aliphatic carbocycles. The number of fused-ring (bicyclic) bond motifs is 1. The Labute approximate surface area is 142 Å². The van der Waals surface area contributed by atoms with Crippen molar-refractivity contribution in [3.05, 3.63) is 70.8 Å². The fourth-order valence-electron chi connectivity index (χ4n) is 2.57. The first-order valence-electron chi connectivity index (χ1n) is 7.08. The van der Waals surface area contributed by atoms with Crippen LogP contribution in [0.1, 0.15) is 0 Å². The molecule has 0 aliphatic rings. The number of benzene rings is 2. The highest BCUT2D eigenvalue weighted by atomic mass is 35.5. The van der Waals surface area contributed by atoms with Crippen LogP contribution in [0.15, 0.2) is 60.8 Å². The molecular weight excluding hydrogens is 329 g/mol. The van der Waals surface area contributed by atoms with Crippen LogP contribution in [0.3, 0.4) is 0 Å². The molecule has 1 N–H and O–H groups in total. The number of aromatic nitrogens is 3. The molecule has 4 aromatic rings. The summed E-state index contributed by atoms with van der Waals surface area (Å²) in [6.07, 6.45) is 1.73. The van der Waals surface area contributed by atoms with E-state index in [1.165, 1.54) is 0 Å². The van der Waals surface area contributed by atoms with Crippen molar-refractivity contribution < 1.29 is 0 Å². The summed E-state index contributed by atoms with van der Waals surface area (Å²) >= 11 is 12.5. The van der Waals surface area contributed by atoms with Gasteiger partial charge >= 0.3 is 0 Å². The molecule has 0 bridgehead atoms. The minimum Gasteiger partial charge on any atom is -0.338 e. The largest absolute Gasteiger partial charge is 0.338 e. The van der Waals surface area contributed by atoms with Gasteiger partial charge in [0.15, 0.2) is 0 Å². The molecule has 0 unspecified atom stereocenters. The maximum atomic E-state index is 6.34. The fourth-order valence-corrected chi connectivity index (χ4v) is 2.95. The Kier molecular flexibility index (Phi) is 3.52. The first-order chi connectivity index (χ1) is 11.2. The van der Waals surface area contributed by atoms with Crippen LogP contribution >= 0.6 is 23.2 Å². The van der Waals surface area contributed by atoms with Crippen LogP contribution in [0, 0.1) is 0 Å². The molecule has 4 rings (SSSR count). The lowest BCUT2D eigenvalue weighted by atomic mass is 10.1. The van der Waals surface area contributed by atoms with Gasteiger partial charge in [-0.1, -0.05) is 35.3 Å². The Morgan fingerprint density at radius 3 is 2.61 bits per heavy atom. The molecule has 2 aromatic carbocycles. The van der Waals surface area contributed by atoms with E-state index in [0.717, 1.165) is 33.7 Å². The summed E-state index contributed by atoms with van der Waals surface area (Å²) in [6, 6.07) is 17.1. The highest BCUT2D eigenvalue weighted by molar-refractivity contribution is 6.35. The van der Waals surface area contributed by atoms with E-state index < -0.39 is 0 Å². The minimum absolute atomic E-state index is 0.602. The summed E-state index contributed by atoms with van der Waals surface area (Å²) in [6.45, 7) is 0. The lowest BCUT2D eigenvalue weighted by Gasteiger charge is -2.08. The number of para-hydroxylation sites is 2. The van der Waals surface area contributed by atoms with E-state index >= 15 is 0 Å². The van der Waals surface area contributed by atoms with Gasteiger partial charge in [-0.25, -0.2) is 4.98 Å². The molecule has 0 fully saturated rings. The summed E-state index contributed by atoms with van der Waals surface area (Å²) in [5.41, 5.74) is 4.31. The molecule has 3 nitrogen and oxygen atoms in total. The van der Waals surface area contributed by atoms with Crippen molar-refractivity contribution in [1.29, 1.82) is 0 Å². The van der Waals surface area contributed by atoms with Gasteiger partial charge in [0, 0.05) is 22.3 Å². The second-order valence-electron chi connectivity index (χ2n) is 5.13. The van der Waals surface area contributed by atoms with Crippen molar-refractivity contribution in [2.24, 2.45) is 0 Å². The van der Waals surface area contributed by atoms with Gasteiger partial charge in [0.25, 0.3) is 0 Å². The number of aromatic amines is 1. The monoisotopic (exact) mass is 339 g/mol. The molecule has 0 saturated carbocycles. The second kappa shape index (κ2) is 5.69. The van der Waals surface area contributed by atoms with Crippen molar-refractivity contribution in [3.63, 3.8) is 0 Å². The van der Waals surface area contributed by atoms with E-state index in [4.69, 9.17) is 23.2 Å². The zero-order chi connectivity index (χ0) is 15.8. The molecule has 5 heteroatoms. The van der Waals surface area contributed by atoms with Crippen molar-refractivity contribution in [3.8, 4) is 22.6 Å². The summed E-state index contributed by atoms with van der Waals surface area (Å²) in [4.78, 5) is 12.5. The number of rotatable bonds is 2. The highest BCUT2D eigenvalue weighted by Gasteiger charge is 2.15. The maximum Gasteiger partial charge on any atom is 0.140 e. The normalized spacial score (nSPS) is 11.0. The number of hydrogen-bond donors (Lipinski definition) is 1. The van der Waals surface area contributed by atoms with E-state index in [2.05, 4.69) is 15.0 Å². The zero-order valence-corrected chi connectivity index (χ0v) is 13.4. The van der Waals surface area contributed by atoms with E-state index in [1.807, 2.05) is 42.5 Å². The van der Waals surface area contributed by atoms with Crippen molar-refractivity contribution in [1.82, 2.24) is 15.0 Å². The maximum absolute atomic E-state index is 6.34. The first-order valence-corrected chi connectivity index (χ1v) is 7.83. The van der Waals surface area contributed by atoms with Gasteiger partial charge in [-0.05, 0) is 42.5 Å². The van der Waals surface area contributed by atoms with Crippen LogP contribution in [-0.2, 0) is 0 Å². The van der Waals surface area contributed by atoms with Crippen LogP contribution in [0.5, 0.6) is 0 Å².